The molecule has 1 aliphatic carbocycles. The van der Waals surface area contributed by atoms with E-state index < -0.39 is 0 Å². The Kier molecular flexibility index (Phi) is 12.6. The zero-order valence-corrected chi connectivity index (χ0v) is 27.2. The molecule has 242 valence electrons. The summed E-state index contributed by atoms with van der Waals surface area (Å²) in [5.41, 5.74) is 1.79. The highest BCUT2D eigenvalue weighted by Crippen LogP contribution is 2.34. The molecule has 2 heterocycles. The number of ether oxygens (including phenoxy) is 3. The zero-order chi connectivity index (χ0) is 30.7. The van der Waals surface area contributed by atoms with E-state index in [1.807, 2.05) is 6.07 Å². The molecule has 0 bridgehead atoms. The van der Waals surface area contributed by atoms with Crippen LogP contribution < -0.4 is 9.47 Å². The van der Waals surface area contributed by atoms with Gasteiger partial charge in [-0.1, -0.05) is 49.8 Å². The number of aliphatic hydroxyl groups excluding tert-OH is 1. The number of rotatable bonds is 8. The van der Waals surface area contributed by atoms with Crippen molar-refractivity contribution in [1.82, 2.24) is 9.80 Å². The van der Waals surface area contributed by atoms with Crippen molar-refractivity contribution in [2.24, 2.45) is 11.8 Å². The standard InChI is InChI=1S/C36H51ClN2O5/c1-38-19-9-21-39(20-8-7-10-27-13-18-33-34(24-27)43-23-22-42-33)25-31(30-11-5-3-2-4-6-12-32(30)40)35(26-38)44-36(41)28-14-16-29(37)17-15-28/h13-18,24,30-32,35,40H,2-12,19-23,25-26H2,1H3. The monoisotopic (exact) mass is 626 g/mol. The lowest BCUT2D eigenvalue weighted by molar-refractivity contribution is -0.0401. The smallest absolute Gasteiger partial charge is 0.338 e. The van der Waals surface area contributed by atoms with Crippen molar-refractivity contribution in [2.75, 3.05) is 53.0 Å². The summed E-state index contributed by atoms with van der Waals surface area (Å²) in [7, 11) is 2.13. The number of hydrogen-bond donors (Lipinski definition) is 1. The van der Waals surface area contributed by atoms with Crippen molar-refractivity contribution in [3.05, 3.63) is 58.6 Å². The molecule has 7 nitrogen and oxygen atoms in total. The predicted molar refractivity (Wildman–Crippen MR) is 175 cm³/mol. The van der Waals surface area contributed by atoms with Gasteiger partial charge in [-0.25, -0.2) is 4.79 Å². The van der Waals surface area contributed by atoms with Crippen molar-refractivity contribution in [3.8, 4) is 11.5 Å². The quantitative estimate of drug-likeness (QED) is 0.260. The van der Waals surface area contributed by atoms with Crippen LogP contribution in [0, 0.1) is 11.8 Å². The molecule has 1 saturated carbocycles. The molecule has 44 heavy (non-hydrogen) atoms. The van der Waals surface area contributed by atoms with E-state index in [-0.39, 0.29) is 30.0 Å². The van der Waals surface area contributed by atoms with Crippen LogP contribution >= 0.6 is 11.6 Å². The van der Waals surface area contributed by atoms with Crippen LogP contribution in [0.4, 0.5) is 0 Å². The second-order valence-corrected chi connectivity index (χ2v) is 13.5. The Morgan fingerprint density at radius 1 is 0.886 bits per heavy atom. The number of likely N-dealkylation sites (N-methyl/N-ethyl adjacent to an activating group) is 1. The Morgan fingerprint density at radius 2 is 1.64 bits per heavy atom. The lowest BCUT2D eigenvalue weighted by Crippen LogP contribution is -2.47. The molecule has 2 aliphatic heterocycles. The lowest BCUT2D eigenvalue weighted by atomic mass is 9.78. The summed E-state index contributed by atoms with van der Waals surface area (Å²) in [4.78, 5) is 18.3. The van der Waals surface area contributed by atoms with Gasteiger partial charge in [0, 0.05) is 24.0 Å². The molecular weight excluding hydrogens is 576 g/mol. The van der Waals surface area contributed by atoms with Gasteiger partial charge in [0.25, 0.3) is 0 Å². The van der Waals surface area contributed by atoms with Crippen LogP contribution in [0.2, 0.25) is 5.02 Å². The van der Waals surface area contributed by atoms with Gasteiger partial charge in [-0.15, -0.1) is 0 Å². The number of fused-ring (bicyclic) bond motifs is 1. The third-order valence-corrected chi connectivity index (χ3v) is 9.92. The SMILES string of the molecule is CN1CCCN(CCCCc2ccc3c(c2)OCCO3)CC(C2CCCCCCCC2O)C(OC(=O)c2ccc(Cl)cc2)C1. The maximum atomic E-state index is 13.4. The Hall–Kier alpha value is -2.32. The second-order valence-electron chi connectivity index (χ2n) is 13.0. The number of halogens is 1. The fourth-order valence-corrected chi connectivity index (χ4v) is 7.34. The molecule has 4 unspecified atom stereocenters. The van der Waals surface area contributed by atoms with E-state index in [0.29, 0.717) is 30.3 Å². The van der Waals surface area contributed by atoms with Crippen molar-refractivity contribution in [1.29, 1.82) is 0 Å². The summed E-state index contributed by atoms with van der Waals surface area (Å²) in [6.07, 6.45) is 11.1. The molecular formula is C36H51ClN2O5. The highest BCUT2D eigenvalue weighted by molar-refractivity contribution is 6.30. The molecule has 3 aliphatic rings. The number of aliphatic hydroxyl groups is 1. The van der Waals surface area contributed by atoms with E-state index in [0.717, 1.165) is 89.0 Å². The molecule has 2 fully saturated rings. The Bertz CT molecular complexity index is 1180. The number of unbranched alkanes of at least 4 members (excludes halogenated alkanes) is 1. The van der Waals surface area contributed by atoms with Crippen molar-refractivity contribution in [3.63, 3.8) is 0 Å². The average Bonchev–Trinajstić information content (AvgIpc) is 3.17. The number of hydrogen-bond acceptors (Lipinski definition) is 7. The van der Waals surface area contributed by atoms with E-state index in [1.54, 1.807) is 24.3 Å². The minimum atomic E-state index is -0.377. The first-order valence-corrected chi connectivity index (χ1v) is 17.3. The van der Waals surface area contributed by atoms with Crippen LogP contribution in [-0.4, -0.2) is 86.1 Å². The van der Waals surface area contributed by atoms with E-state index in [9.17, 15) is 9.90 Å². The number of benzene rings is 2. The molecule has 2 aromatic rings. The second kappa shape index (κ2) is 16.8. The van der Waals surface area contributed by atoms with E-state index in [2.05, 4.69) is 29.0 Å². The van der Waals surface area contributed by atoms with Gasteiger partial charge in [0.2, 0.25) is 0 Å². The van der Waals surface area contributed by atoms with Crippen LogP contribution in [0.5, 0.6) is 11.5 Å². The molecule has 8 heteroatoms. The Balaban J connectivity index is 1.30. The molecule has 0 amide bonds. The number of carbonyl (C=O) groups is 1. The molecule has 2 aromatic carbocycles. The first kappa shape index (κ1) is 33.1. The van der Waals surface area contributed by atoms with Gasteiger partial charge in [-0.05, 0) is 113 Å². The Labute approximate surface area is 268 Å². The maximum absolute atomic E-state index is 13.4. The van der Waals surface area contributed by atoms with Crippen LogP contribution in [0.15, 0.2) is 42.5 Å². The van der Waals surface area contributed by atoms with Gasteiger partial charge in [-0.3, -0.25) is 0 Å². The van der Waals surface area contributed by atoms with Crippen molar-refractivity contribution < 1.29 is 24.1 Å². The molecule has 1 saturated heterocycles. The summed E-state index contributed by atoms with van der Waals surface area (Å²) < 4.78 is 17.9. The number of nitrogens with zero attached hydrogens (tertiary/aromatic N) is 2. The van der Waals surface area contributed by atoms with Crippen LogP contribution in [0.1, 0.15) is 80.1 Å². The third-order valence-electron chi connectivity index (χ3n) is 9.67. The zero-order valence-electron chi connectivity index (χ0n) is 26.4. The van der Waals surface area contributed by atoms with Gasteiger partial charge in [0.05, 0.1) is 11.7 Å². The number of esters is 1. The fourth-order valence-electron chi connectivity index (χ4n) is 7.21. The first-order valence-electron chi connectivity index (χ1n) is 16.9. The third kappa shape index (κ3) is 9.59. The molecule has 4 atom stereocenters. The summed E-state index contributed by atoms with van der Waals surface area (Å²) in [5, 5.41) is 12.2. The van der Waals surface area contributed by atoms with Gasteiger partial charge < -0.3 is 29.1 Å². The average molecular weight is 627 g/mol. The minimum Gasteiger partial charge on any atom is -0.486 e. The van der Waals surface area contributed by atoms with Crippen LogP contribution in [0.25, 0.3) is 0 Å². The van der Waals surface area contributed by atoms with Crippen LogP contribution in [0.3, 0.4) is 0 Å². The van der Waals surface area contributed by atoms with Crippen LogP contribution in [-0.2, 0) is 11.2 Å². The normalized spacial score (nSPS) is 25.9. The number of aryl methyl sites for hydroxylation is 1. The van der Waals surface area contributed by atoms with Gasteiger partial charge in [0.15, 0.2) is 11.5 Å². The highest BCUT2D eigenvalue weighted by Gasteiger charge is 2.38. The van der Waals surface area contributed by atoms with Gasteiger partial charge in [0.1, 0.15) is 19.3 Å². The summed E-state index contributed by atoms with van der Waals surface area (Å²) in [6.45, 7) is 5.66. The summed E-state index contributed by atoms with van der Waals surface area (Å²) >= 11 is 6.10. The Morgan fingerprint density at radius 3 is 2.45 bits per heavy atom. The van der Waals surface area contributed by atoms with Crippen molar-refractivity contribution >= 4 is 17.6 Å². The molecule has 5 rings (SSSR count). The topological polar surface area (TPSA) is 71.5 Å². The fraction of sp³-hybridized carbons (Fsp3) is 0.639. The van der Waals surface area contributed by atoms with E-state index >= 15 is 0 Å². The van der Waals surface area contributed by atoms with Gasteiger partial charge in [-0.2, -0.15) is 0 Å². The van der Waals surface area contributed by atoms with Gasteiger partial charge >= 0.3 is 5.97 Å². The van der Waals surface area contributed by atoms with E-state index in [1.165, 1.54) is 24.8 Å². The minimum absolute atomic E-state index is 0.0534. The predicted octanol–water partition coefficient (Wildman–Crippen LogP) is 6.63. The summed E-state index contributed by atoms with van der Waals surface area (Å²) in [5.74, 6) is 1.54. The summed E-state index contributed by atoms with van der Waals surface area (Å²) in [6, 6.07) is 13.2. The first-order chi connectivity index (χ1) is 21.5. The maximum Gasteiger partial charge on any atom is 0.338 e. The molecule has 1 N–H and O–H groups in total. The van der Waals surface area contributed by atoms with E-state index in [4.69, 9.17) is 25.8 Å². The molecule has 0 radical (unpaired) electrons. The largest absolute Gasteiger partial charge is 0.486 e. The molecule has 0 aromatic heterocycles. The number of carbonyl (C=O) groups excluding carboxylic acids is 1. The lowest BCUT2D eigenvalue weighted by Gasteiger charge is -2.39. The van der Waals surface area contributed by atoms with Crippen molar-refractivity contribution in [2.45, 2.75) is 82.8 Å². The highest BCUT2D eigenvalue weighted by atomic mass is 35.5. The molecule has 0 spiro atoms.